The Morgan fingerprint density at radius 3 is 2.42 bits per heavy atom. The van der Waals surface area contributed by atoms with E-state index in [0.29, 0.717) is 6.61 Å². The normalized spacial score (nSPS) is 17.9. The van der Waals surface area contributed by atoms with E-state index >= 15 is 0 Å². The van der Waals surface area contributed by atoms with Crippen LogP contribution < -0.4 is 0 Å². The third kappa shape index (κ3) is 4.37. The van der Waals surface area contributed by atoms with Crippen LogP contribution in [0.5, 0.6) is 0 Å². The van der Waals surface area contributed by atoms with E-state index in [-0.39, 0.29) is 11.3 Å². The summed E-state index contributed by atoms with van der Waals surface area (Å²) in [6.45, 7) is 10.1. The van der Waals surface area contributed by atoms with E-state index < -0.39 is 12.4 Å². The van der Waals surface area contributed by atoms with E-state index in [1.165, 1.54) is 0 Å². The van der Waals surface area contributed by atoms with E-state index in [9.17, 15) is 4.79 Å². The summed E-state index contributed by atoms with van der Waals surface area (Å²) in [5.41, 5.74) is -0.0286. The average molecular weight is 173 g/mol. The van der Waals surface area contributed by atoms with Crippen molar-refractivity contribution in [3.8, 4) is 0 Å². The highest BCUT2D eigenvalue weighted by Crippen LogP contribution is 2.28. The van der Waals surface area contributed by atoms with E-state index in [4.69, 9.17) is 6.11 Å². The molecule has 0 aliphatic carbocycles. The predicted molar refractivity (Wildman–Crippen MR) is 49.9 cm³/mol. The van der Waals surface area contributed by atoms with Crippen molar-refractivity contribution in [3.05, 3.63) is 0 Å². The molecular formula is C10H20O2. The summed E-state index contributed by atoms with van der Waals surface area (Å²) in [6, 6.07) is 0. The molecule has 0 heterocycles. The Kier molecular flexibility index (Phi) is 3.57. The minimum absolute atomic E-state index is 0.00606. The Morgan fingerprint density at radius 2 is 2.08 bits per heavy atom. The second-order valence-electron chi connectivity index (χ2n) is 4.07. The molecule has 0 unspecified atom stereocenters. The minimum Gasteiger partial charge on any atom is -0.466 e. The van der Waals surface area contributed by atoms with E-state index in [1.807, 2.05) is 27.7 Å². The first-order chi connectivity index (χ1) is 5.80. The fraction of sp³-hybridized carbons (Fsp3) is 0.900. The molecule has 0 saturated heterocycles. The molecule has 12 heavy (non-hydrogen) atoms. The summed E-state index contributed by atoms with van der Waals surface area (Å²) < 4.78 is 12.5. The zero-order valence-corrected chi connectivity index (χ0v) is 8.68. The Morgan fingerprint density at radius 1 is 1.58 bits per heavy atom. The lowest BCUT2D eigenvalue weighted by Gasteiger charge is -2.26. The maximum atomic E-state index is 11.2. The van der Waals surface area contributed by atoms with Crippen molar-refractivity contribution >= 4 is 5.97 Å². The molecule has 0 aromatic rings. The maximum Gasteiger partial charge on any atom is 0.306 e. The highest BCUT2D eigenvalue weighted by molar-refractivity contribution is 5.69. The lowest BCUT2D eigenvalue weighted by Crippen LogP contribution is -2.21. The van der Waals surface area contributed by atoms with Crippen molar-refractivity contribution in [2.75, 3.05) is 6.61 Å². The van der Waals surface area contributed by atoms with Crippen LogP contribution >= 0.6 is 0 Å². The van der Waals surface area contributed by atoms with Gasteiger partial charge < -0.3 is 4.74 Å². The number of rotatable bonds is 3. The van der Waals surface area contributed by atoms with Crippen molar-refractivity contribution in [1.82, 2.24) is 0 Å². The molecule has 0 spiro atoms. The van der Waals surface area contributed by atoms with E-state index in [2.05, 4.69) is 0 Å². The summed E-state index contributed by atoms with van der Waals surface area (Å²) in [7, 11) is 0. The molecule has 0 rings (SSSR count). The van der Waals surface area contributed by atoms with Crippen LogP contribution in [0.2, 0.25) is 0 Å². The van der Waals surface area contributed by atoms with Gasteiger partial charge in [0.1, 0.15) is 0 Å². The van der Waals surface area contributed by atoms with Crippen molar-refractivity contribution in [2.45, 2.75) is 41.0 Å². The van der Waals surface area contributed by atoms with Crippen LogP contribution in [-0.4, -0.2) is 12.6 Å². The number of carbonyl (C=O) groups is 1. The summed E-state index contributed by atoms with van der Waals surface area (Å²) in [5, 5.41) is 0. The van der Waals surface area contributed by atoms with Gasteiger partial charge in [0.2, 0.25) is 0 Å². The second kappa shape index (κ2) is 4.48. The molecule has 0 N–H and O–H groups in total. The predicted octanol–water partition coefficient (Wildman–Crippen LogP) is 2.62. The zero-order valence-electron chi connectivity index (χ0n) is 9.68. The lowest BCUT2D eigenvalue weighted by atomic mass is 9.80. The Bertz CT molecular complexity index is 172. The molecule has 2 nitrogen and oxygen atoms in total. The third-order valence-corrected chi connectivity index (χ3v) is 2.04. The molecule has 0 saturated carbocycles. The van der Waals surface area contributed by atoms with Crippen molar-refractivity contribution < 1.29 is 10.9 Å². The smallest absolute Gasteiger partial charge is 0.306 e. The van der Waals surface area contributed by atoms with E-state index in [1.54, 1.807) is 6.92 Å². The van der Waals surface area contributed by atoms with Gasteiger partial charge in [0.25, 0.3) is 0 Å². The molecule has 0 aromatic heterocycles. The molecule has 0 aliphatic heterocycles. The van der Waals surface area contributed by atoms with Crippen molar-refractivity contribution in [1.29, 1.82) is 0 Å². The first-order valence-corrected chi connectivity index (χ1v) is 4.39. The van der Waals surface area contributed by atoms with Gasteiger partial charge >= 0.3 is 5.97 Å². The van der Waals surface area contributed by atoms with Crippen LogP contribution in [0, 0.1) is 11.3 Å². The second-order valence-corrected chi connectivity index (χ2v) is 4.07. The molecule has 2 heteroatoms. The zero-order chi connectivity index (χ0) is 10.6. The molecule has 2 atom stereocenters. The molecule has 0 bridgehead atoms. The first-order valence-electron chi connectivity index (χ1n) is 4.97. The number of ether oxygens (including phenoxy) is 1. The summed E-state index contributed by atoms with van der Waals surface area (Å²) in [5.74, 6) is -0.406. The molecular weight excluding hydrogens is 152 g/mol. The van der Waals surface area contributed by atoms with Gasteiger partial charge in [-0.15, -0.1) is 0 Å². The molecule has 0 fully saturated rings. The van der Waals surface area contributed by atoms with Gasteiger partial charge in [-0.1, -0.05) is 27.7 Å². The molecule has 0 aromatic carbocycles. The van der Waals surface area contributed by atoms with Gasteiger partial charge in [-0.2, -0.15) is 0 Å². The number of carbonyl (C=O) groups excluding carboxylic acids is 1. The highest BCUT2D eigenvalue weighted by atomic mass is 16.5. The first kappa shape index (κ1) is 9.56. The van der Waals surface area contributed by atoms with Crippen LogP contribution in [0.4, 0.5) is 0 Å². The molecule has 0 aliphatic rings. The van der Waals surface area contributed by atoms with Crippen LogP contribution in [0.15, 0.2) is 0 Å². The van der Waals surface area contributed by atoms with E-state index in [0.717, 1.165) is 0 Å². The Balaban J connectivity index is 4.25. The number of hydrogen-bond acceptors (Lipinski definition) is 2. The standard InChI is InChI=1S/C10H20O2/c1-6-12-9(11)7-8(2)10(3,4)5/h8H,6-7H2,1-5H3/t8-/m1/s1/i7D/t7-,8-. The lowest BCUT2D eigenvalue weighted by molar-refractivity contribution is -0.145. The number of esters is 1. The van der Waals surface area contributed by atoms with Gasteiger partial charge in [0.15, 0.2) is 0 Å². The highest BCUT2D eigenvalue weighted by Gasteiger charge is 2.22. The third-order valence-electron chi connectivity index (χ3n) is 2.04. The Labute approximate surface area is 76.7 Å². The number of hydrogen-bond donors (Lipinski definition) is 0. The molecule has 0 radical (unpaired) electrons. The largest absolute Gasteiger partial charge is 0.466 e. The van der Waals surface area contributed by atoms with Gasteiger partial charge in [0, 0.05) is 7.77 Å². The maximum absolute atomic E-state index is 11.2. The van der Waals surface area contributed by atoms with Gasteiger partial charge in [-0.3, -0.25) is 4.79 Å². The van der Waals surface area contributed by atoms with Crippen LogP contribution in [0.1, 0.15) is 42.4 Å². The van der Waals surface area contributed by atoms with Crippen molar-refractivity contribution in [3.63, 3.8) is 0 Å². The quantitative estimate of drug-likeness (QED) is 0.613. The molecule has 0 amide bonds. The van der Waals surface area contributed by atoms with Crippen LogP contribution in [-0.2, 0) is 9.53 Å². The topological polar surface area (TPSA) is 26.3 Å². The van der Waals surface area contributed by atoms with Crippen molar-refractivity contribution in [2.24, 2.45) is 11.3 Å². The van der Waals surface area contributed by atoms with Crippen LogP contribution in [0.25, 0.3) is 0 Å². The fourth-order valence-electron chi connectivity index (χ4n) is 0.644. The summed E-state index contributed by atoms with van der Waals surface area (Å²) in [6.07, 6.45) is -0.764. The summed E-state index contributed by atoms with van der Waals surface area (Å²) >= 11 is 0. The van der Waals surface area contributed by atoms with Gasteiger partial charge in [-0.25, -0.2) is 0 Å². The van der Waals surface area contributed by atoms with Crippen LogP contribution in [0.3, 0.4) is 0 Å². The Hall–Kier alpha value is -0.530. The average Bonchev–Trinajstić information content (AvgIpc) is 2.00. The summed E-state index contributed by atoms with van der Waals surface area (Å²) in [4.78, 5) is 11.2. The minimum atomic E-state index is -0.764. The SMILES string of the molecule is [2H][C@@H](C(=O)OCC)[C@@H](C)C(C)(C)C. The molecule has 72 valence electrons. The van der Waals surface area contributed by atoms with Gasteiger partial charge in [-0.05, 0) is 18.3 Å². The fourth-order valence-corrected chi connectivity index (χ4v) is 0.644. The van der Waals surface area contributed by atoms with Gasteiger partial charge in [0.05, 0.1) is 6.61 Å². The monoisotopic (exact) mass is 173 g/mol.